The van der Waals surface area contributed by atoms with Crippen molar-refractivity contribution in [3.63, 3.8) is 0 Å². The first-order chi connectivity index (χ1) is 16.0. The Morgan fingerprint density at radius 1 is 1.27 bits per heavy atom. The van der Waals surface area contributed by atoms with Crippen molar-refractivity contribution < 1.29 is 9.18 Å². The van der Waals surface area contributed by atoms with Crippen molar-refractivity contribution in [1.82, 2.24) is 20.3 Å². The van der Waals surface area contributed by atoms with Gasteiger partial charge in [-0.15, -0.1) is 11.3 Å². The zero-order chi connectivity index (χ0) is 23.0. The number of rotatable bonds is 4. The van der Waals surface area contributed by atoms with Gasteiger partial charge in [-0.3, -0.25) is 9.78 Å². The SMILES string of the molecule is CC(C)c1nc(N2C[C@H]3CSC(NC(=O)c4ccccc4)=N[C@@]3(c3cncs3)C2)ncc1F. The Kier molecular flexibility index (Phi) is 5.88. The zero-order valence-corrected chi connectivity index (χ0v) is 19.9. The summed E-state index contributed by atoms with van der Waals surface area (Å²) in [6, 6.07) is 9.11. The molecule has 2 atom stereocenters. The van der Waals surface area contributed by atoms with Crippen LogP contribution < -0.4 is 10.2 Å². The first-order valence-corrected chi connectivity index (χ1v) is 12.6. The second-order valence-electron chi connectivity index (χ2n) is 8.47. The van der Waals surface area contributed by atoms with E-state index in [0.717, 1.165) is 10.6 Å². The molecule has 0 bridgehead atoms. The fourth-order valence-corrected chi connectivity index (χ4v) is 6.25. The van der Waals surface area contributed by atoms with E-state index in [1.807, 2.05) is 38.2 Å². The van der Waals surface area contributed by atoms with Crippen LogP contribution in [0.5, 0.6) is 0 Å². The Morgan fingerprint density at radius 2 is 2.09 bits per heavy atom. The number of nitrogens with zero attached hydrogens (tertiary/aromatic N) is 5. The molecule has 0 radical (unpaired) electrons. The van der Waals surface area contributed by atoms with Crippen molar-refractivity contribution in [3.8, 4) is 0 Å². The van der Waals surface area contributed by atoms with Gasteiger partial charge in [0.05, 0.1) is 28.8 Å². The third-order valence-electron chi connectivity index (χ3n) is 5.97. The number of fused-ring (bicyclic) bond motifs is 1. The molecule has 1 aromatic carbocycles. The number of anilines is 1. The molecule has 1 fully saturated rings. The van der Waals surface area contributed by atoms with Gasteiger partial charge in [0.25, 0.3) is 5.91 Å². The molecule has 1 saturated heterocycles. The third kappa shape index (κ3) is 4.13. The molecule has 33 heavy (non-hydrogen) atoms. The summed E-state index contributed by atoms with van der Waals surface area (Å²) in [6.07, 6.45) is 3.10. The van der Waals surface area contributed by atoms with Crippen LogP contribution in [0.2, 0.25) is 0 Å². The molecular formula is C23H23FN6OS2. The summed E-state index contributed by atoms with van der Waals surface area (Å²) in [5, 5.41) is 3.58. The fraction of sp³-hybridized carbons (Fsp3) is 0.348. The van der Waals surface area contributed by atoms with Crippen LogP contribution in [-0.2, 0) is 5.54 Å². The maximum atomic E-state index is 14.2. The number of hydrogen-bond donors (Lipinski definition) is 1. The molecule has 1 N–H and O–H groups in total. The van der Waals surface area contributed by atoms with Crippen molar-refractivity contribution in [1.29, 1.82) is 0 Å². The lowest BCUT2D eigenvalue weighted by Crippen LogP contribution is -2.42. The summed E-state index contributed by atoms with van der Waals surface area (Å²) in [6.45, 7) is 5.06. The lowest BCUT2D eigenvalue weighted by molar-refractivity contribution is 0.0977. The number of aromatic nitrogens is 3. The van der Waals surface area contributed by atoms with E-state index in [-0.39, 0.29) is 23.6 Å². The number of nitrogens with one attached hydrogen (secondary N) is 1. The molecule has 3 aromatic rings. The van der Waals surface area contributed by atoms with Gasteiger partial charge in [-0.05, 0) is 18.1 Å². The summed E-state index contributed by atoms with van der Waals surface area (Å²) in [7, 11) is 0. The van der Waals surface area contributed by atoms with E-state index in [4.69, 9.17) is 4.99 Å². The minimum Gasteiger partial charge on any atom is -0.338 e. The Balaban J connectivity index is 1.47. The van der Waals surface area contributed by atoms with Crippen LogP contribution in [0.4, 0.5) is 10.3 Å². The predicted octanol–water partition coefficient (Wildman–Crippen LogP) is 4.06. The molecular weight excluding hydrogens is 459 g/mol. The maximum Gasteiger partial charge on any atom is 0.257 e. The van der Waals surface area contributed by atoms with Crippen molar-refractivity contribution >= 4 is 40.1 Å². The van der Waals surface area contributed by atoms with Gasteiger partial charge in [0, 0.05) is 30.0 Å². The molecule has 10 heteroatoms. The Labute approximate surface area is 199 Å². The first kappa shape index (κ1) is 22.0. The van der Waals surface area contributed by atoms with Gasteiger partial charge in [-0.25, -0.2) is 19.4 Å². The van der Waals surface area contributed by atoms with Gasteiger partial charge in [0.2, 0.25) is 5.95 Å². The number of carbonyl (C=O) groups is 1. The molecule has 7 nitrogen and oxygen atoms in total. The van der Waals surface area contributed by atoms with Crippen LogP contribution >= 0.6 is 23.1 Å². The molecule has 0 saturated carbocycles. The van der Waals surface area contributed by atoms with Gasteiger partial charge < -0.3 is 10.2 Å². The average Bonchev–Trinajstić information content (AvgIpc) is 3.48. The van der Waals surface area contributed by atoms with Crippen LogP contribution in [0, 0.1) is 11.7 Å². The summed E-state index contributed by atoms with van der Waals surface area (Å²) in [5.41, 5.74) is 2.23. The standard InChI is InChI=1S/C23H23FN6OS2/c1-14(2)19-17(24)8-26-21(27-19)30-10-16-11-32-22(28-20(31)15-6-4-3-5-7-15)29-23(16,12-30)18-9-25-13-33-18/h3-9,13-14,16H,10-12H2,1-2H3,(H,28,29,31)/t16-,23-/m0/s1. The highest BCUT2D eigenvalue weighted by atomic mass is 32.2. The summed E-state index contributed by atoms with van der Waals surface area (Å²) in [5.74, 6) is 0.853. The zero-order valence-electron chi connectivity index (χ0n) is 18.2. The van der Waals surface area contributed by atoms with Crippen molar-refractivity contribution in [3.05, 3.63) is 70.2 Å². The number of amides is 1. The number of carbonyl (C=O) groups excluding carboxylic acids is 1. The molecule has 0 unspecified atom stereocenters. The number of halogens is 1. The van der Waals surface area contributed by atoms with Crippen LogP contribution in [-0.4, -0.2) is 44.9 Å². The second-order valence-corrected chi connectivity index (χ2v) is 10.4. The largest absolute Gasteiger partial charge is 0.338 e. The first-order valence-electron chi connectivity index (χ1n) is 10.7. The molecule has 0 spiro atoms. The number of hydrogen-bond acceptors (Lipinski definition) is 8. The van der Waals surface area contributed by atoms with Crippen molar-refractivity contribution in [2.75, 3.05) is 23.7 Å². The minimum atomic E-state index is -0.568. The van der Waals surface area contributed by atoms with Crippen molar-refractivity contribution in [2.24, 2.45) is 10.9 Å². The van der Waals surface area contributed by atoms with E-state index in [2.05, 4.69) is 25.2 Å². The van der Waals surface area contributed by atoms with Gasteiger partial charge in [-0.1, -0.05) is 43.8 Å². The van der Waals surface area contributed by atoms with Gasteiger partial charge in [0.1, 0.15) is 5.54 Å². The molecule has 2 aromatic heterocycles. The van der Waals surface area contributed by atoms with E-state index in [9.17, 15) is 9.18 Å². The topological polar surface area (TPSA) is 83.4 Å². The summed E-state index contributed by atoms with van der Waals surface area (Å²) < 4.78 is 14.2. The fourth-order valence-electron chi connectivity index (χ4n) is 4.28. The quantitative estimate of drug-likeness (QED) is 0.604. The van der Waals surface area contributed by atoms with Crippen molar-refractivity contribution in [2.45, 2.75) is 25.3 Å². The molecule has 0 aliphatic carbocycles. The molecule has 5 rings (SSSR count). The normalized spacial score (nSPS) is 22.2. The predicted molar refractivity (Wildman–Crippen MR) is 129 cm³/mol. The van der Waals surface area contributed by atoms with Gasteiger partial charge in [0.15, 0.2) is 11.0 Å². The van der Waals surface area contributed by atoms with Crippen LogP contribution in [0.15, 0.2) is 53.2 Å². The highest BCUT2D eigenvalue weighted by Gasteiger charge is 2.52. The monoisotopic (exact) mass is 482 g/mol. The maximum absolute atomic E-state index is 14.2. The number of benzene rings is 1. The lowest BCUT2D eigenvalue weighted by atomic mass is 9.87. The molecule has 170 valence electrons. The Hall–Kier alpha value is -2.85. The second kappa shape index (κ2) is 8.83. The number of thiazole rings is 1. The molecule has 2 aliphatic rings. The van der Waals surface area contributed by atoms with Crippen LogP contribution in [0.3, 0.4) is 0 Å². The number of amidine groups is 1. The molecule has 4 heterocycles. The van der Waals surface area contributed by atoms with E-state index in [1.54, 1.807) is 40.7 Å². The third-order valence-corrected chi connectivity index (χ3v) is 7.95. The number of aliphatic imine (C=N–C) groups is 1. The number of thioether (sulfide) groups is 1. The summed E-state index contributed by atoms with van der Waals surface area (Å²) in [4.78, 5) is 34.0. The highest BCUT2D eigenvalue weighted by Crippen LogP contribution is 2.47. The van der Waals surface area contributed by atoms with E-state index >= 15 is 0 Å². The lowest BCUT2D eigenvalue weighted by Gasteiger charge is -2.33. The van der Waals surface area contributed by atoms with E-state index in [1.165, 1.54) is 6.20 Å². The van der Waals surface area contributed by atoms with Gasteiger partial charge in [-0.2, -0.15) is 0 Å². The summed E-state index contributed by atoms with van der Waals surface area (Å²) >= 11 is 3.09. The van der Waals surface area contributed by atoms with Gasteiger partial charge >= 0.3 is 0 Å². The van der Waals surface area contributed by atoms with E-state index in [0.29, 0.717) is 35.5 Å². The van der Waals surface area contributed by atoms with Crippen LogP contribution in [0.25, 0.3) is 0 Å². The highest BCUT2D eigenvalue weighted by molar-refractivity contribution is 8.13. The van der Waals surface area contributed by atoms with Crippen LogP contribution in [0.1, 0.15) is 40.7 Å². The molecule has 1 amide bonds. The average molecular weight is 483 g/mol. The molecule has 2 aliphatic heterocycles. The van der Waals surface area contributed by atoms with E-state index < -0.39 is 5.54 Å². The Bertz CT molecular complexity index is 1190. The smallest absolute Gasteiger partial charge is 0.257 e. The minimum absolute atomic E-state index is 0.0412. The Morgan fingerprint density at radius 3 is 2.82 bits per heavy atom.